The first-order valence-corrected chi connectivity index (χ1v) is 6.82. The summed E-state index contributed by atoms with van der Waals surface area (Å²) in [5.74, 6) is -0.343. The van der Waals surface area contributed by atoms with Crippen LogP contribution in [-0.2, 0) is 16.1 Å². The molecule has 0 aliphatic heterocycles. The van der Waals surface area contributed by atoms with Crippen LogP contribution in [-0.4, -0.2) is 46.3 Å². The lowest BCUT2D eigenvalue weighted by Crippen LogP contribution is -3.12. The number of ether oxygens (including phenoxy) is 1. The van der Waals surface area contributed by atoms with Gasteiger partial charge in [-0.25, -0.2) is 4.79 Å². The summed E-state index contributed by atoms with van der Waals surface area (Å²) < 4.78 is 4.42. The molecule has 1 aromatic rings. The predicted octanol–water partition coefficient (Wildman–Crippen LogP) is 0.0384. The summed E-state index contributed by atoms with van der Waals surface area (Å²) in [6, 6.07) is 7.83. The highest BCUT2D eigenvalue weighted by Gasteiger charge is 2.23. The van der Waals surface area contributed by atoms with Crippen LogP contribution in [0.25, 0.3) is 0 Å². The molecule has 2 atom stereocenters. The van der Waals surface area contributed by atoms with Crippen LogP contribution in [0.2, 0.25) is 0 Å². The number of likely N-dealkylation sites (N-methyl/N-ethyl adjacent to an activating group) is 1. The molecule has 6 nitrogen and oxygen atoms in total. The van der Waals surface area contributed by atoms with Gasteiger partial charge in [0.2, 0.25) is 0 Å². The Balaban J connectivity index is 2.61. The quantitative estimate of drug-likeness (QED) is 0.805. The number of alkyl carbamates (subject to hydrolysis) is 1. The molecule has 0 aliphatic carbocycles. The maximum absolute atomic E-state index is 11.8. The molecule has 0 saturated heterocycles. The number of imide groups is 1. The van der Waals surface area contributed by atoms with Crippen molar-refractivity contribution in [3.8, 4) is 0 Å². The average Bonchev–Trinajstić information content (AvgIpc) is 2.46. The van der Waals surface area contributed by atoms with E-state index in [1.54, 1.807) is 6.92 Å². The molecule has 21 heavy (non-hydrogen) atoms. The number of hydrogen-bond acceptors (Lipinski definition) is 4. The molecule has 116 valence electrons. The predicted molar refractivity (Wildman–Crippen MR) is 81.4 cm³/mol. The van der Waals surface area contributed by atoms with Crippen molar-refractivity contribution in [3.63, 3.8) is 0 Å². The Morgan fingerprint density at radius 2 is 1.86 bits per heavy atom. The van der Waals surface area contributed by atoms with Gasteiger partial charge in [-0.05, 0) is 19.1 Å². The molecule has 0 aromatic heterocycles. The zero-order valence-electron chi connectivity index (χ0n) is 13.3. The van der Waals surface area contributed by atoms with E-state index in [1.165, 1.54) is 7.11 Å². The molecule has 0 saturated carbocycles. The highest BCUT2D eigenvalue weighted by atomic mass is 16.5. The summed E-state index contributed by atoms with van der Waals surface area (Å²) >= 11 is 0. The maximum Gasteiger partial charge on any atom is 0.413 e. The standard InChI is InChI=1S/C15H23N3O3/c1-11(14(19)16-15(20)21-5)18(4)10-12-6-8-13(9-7-12)17(2)3/h6-9,11H,10H2,1-5H3,(H,16,19,20)/p+1/t11-/m0/s1. The van der Waals surface area contributed by atoms with E-state index in [0.29, 0.717) is 6.54 Å². The van der Waals surface area contributed by atoms with E-state index in [0.717, 1.165) is 16.2 Å². The van der Waals surface area contributed by atoms with Crippen molar-refractivity contribution in [2.75, 3.05) is 33.2 Å². The zero-order chi connectivity index (χ0) is 16.0. The number of carbonyl (C=O) groups is 2. The second kappa shape index (κ2) is 7.64. The topological polar surface area (TPSA) is 63.1 Å². The highest BCUT2D eigenvalue weighted by Crippen LogP contribution is 2.11. The number of anilines is 1. The van der Waals surface area contributed by atoms with Gasteiger partial charge < -0.3 is 14.5 Å². The zero-order valence-corrected chi connectivity index (χ0v) is 13.3. The van der Waals surface area contributed by atoms with Gasteiger partial charge in [-0.2, -0.15) is 0 Å². The summed E-state index contributed by atoms with van der Waals surface area (Å²) in [5, 5.41) is 2.19. The molecular formula is C15H24N3O3+. The minimum absolute atomic E-state index is 0.343. The van der Waals surface area contributed by atoms with E-state index in [1.807, 2.05) is 50.3 Å². The van der Waals surface area contributed by atoms with Crippen LogP contribution in [0.4, 0.5) is 10.5 Å². The van der Waals surface area contributed by atoms with Gasteiger partial charge in [0.1, 0.15) is 6.54 Å². The Hall–Kier alpha value is -2.08. The highest BCUT2D eigenvalue weighted by molar-refractivity contribution is 5.93. The molecule has 0 fully saturated rings. The fraction of sp³-hybridized carbons (Fsp3) is 0.467. The van der Waals surface area contributed by atoms with Crippen molar-refractivity contribution in [2.45, 2.75) is 19.5 Å². The lowest BCUT2D eigenvalue weighted by Gasteiger charge is -2.21. The lowest BCUT2D eigenvalue weighted by atomic mass is 10.1. The molecular weight excluding hydrogens is 270 g/mol. The minimum Gasteiger partial charge on any atom is -0.453 e. The third kappa shape index (κ3) is 5.07. The molecule has 0 bridgehead atoms. The summed E-state index contributed by atoms with van der Waals surface area (Å²) in [4.78, 5) is 25.9. The Morgan fingerprint density at radius 1 is 1.29 bits per heavy atom. The molecule has 1 unspecified atom stereocenters. The smallest absolute Gasteiger partial charge is 0.413 e. The number of nitrogens with one attached hydrogen (secondary N) is 2. The van der Waals surface area contributed by atoms with E-state index in [9.17, 15) is 9.59 Å². The number of methoxy groups -OCH3 is 1. The van der Waals surface area contributed by atoms with Crippen LogP contribution in [0.1, 0.15) is 12.5 Å². The third-order valence-corrected chi connectivity index (χ3v) is 3.48. The molecule has 0 radical (unpaired) electrons. The molecule has 1 aromatic carbocycles. The normalized spacial score (nSPS) is 13.2. The molecule has 6 heteroatoms. The molecule has 0 heterocycles. The Kier molecular flexibility index (Phi) is 6.17. The SMILES string of the molecule is COC(=O)NC(=O)[C@H](C)[NH+](C)Cc1ccc(N(C)C)cc1. The summed E-state index contributed by atoms with van der Waals surface area (Å²) in [7, 11) is 7.13. The van der Waals surface area contributed by atoms with E-state index >= 15 is 0 Å². The average molecular weight is 294 g/mol. The van der Waals surface area contributed by atoms with Crippen molar-refractivity contribution in [3.05, 3.63) is 29.8 Å². The van der Waals surface area contributed by atoms with Gasteiger partial charge in [0.15, 0.2) is 6.04 Å². The number of rotatable bonds is 5. The van der Waals surface area contributed by atoms with Crippen LogP contribution in [0, 0.1) is 0 Å². The van der Waals surface area contributed by atoms with Crippen LogP contribution in [0.15, 0.2) is 24.3 Å². The maximum atomic E-state index is 11.8. The number of hydrogen-bond donors (Lipinski definition) is 2. The number of quaternary nitrogens is 1. The van der Waals surface area contributed by atoms with Crippen LogP contribution < -0.4 is 15.1 Å². The summed E-state index contributed by atoms with van der Waals surface area (Å²) in [5.41, 5.74) is 2.27. The van der Waals surface area contributed by atoms with E-state index in [2.05, 4.69) is 10.1 Å². The second-order valence-electron chi connectivity index (χ2n) is 5.29. The van der Waals surface area contributed by atoms with Gasteiger partial charge >= 0.3 is 6.09 Å². The van der Waals surface area contributed by atoms with Crippen molar-refractivity contribution in [1.82, 2.24) is 5.32 Å². The first-order valence-electron chi connectivity index (χ1n) is 6.82. The van der Waals surface area contributed by atoms with Gasteiger partial charge in [0.25, 0.3) is 5.91 Å². The first-order chi connectivity index (χ1) is 9.85. The molecule has 0 spiro atoms. The molecule has 2 N–H and O–H groups in total. The van der Waals surface area contributed by atoms with Crippen molar-refractivity contribution < 1.29 is 19.2 Å². The van der Waals surface area contributed by atoms with Gasteiger partial charge in [0.05, 0.1) is 14.2 Å². The Morgan fingerprint density at radius 3 is 2.33 bits per heavy atom. The molecule has 0 aliphatic rings. The Bertz CT molecular complexity index is 485. The van der Waals surface area contributed by atoms with Gasteiger partial charge in [-0.1, -0.05) is 12.1 Å². The number of carbonyl (C=O) groups excluding carboxylic acids is 2. The van der Waals surface area contributed by atoms with E-state index < -0.39 is 6.09 Å². The van der Waals surface area contributed by atoms with Crippen molar-refractivity contribution >= 4 is 17.7 Å². The Labute approximate surface area is 125 Å². The molecule has 1 rings (SSSR count). The van der Waals surface area contributed by atoms with E-state index in [4.69, 9.17) is 0 Å². The van der Waals surface area contributed by atoms with Gasteiger partial charge in [-0.3, -0.25) is 10.1 Å². The third-order valence-electron chi connectivity index (χ3n) is 3.48. The fourth-order valence-electron chi connectivity index (χ4n) is 1.87. The first kappa shape index (κ1) is 17.0. The summed E-state index contributed by atoms with van der Waals surface area (Å²) in [6.45, 7) is 2.48. The van der Waals surface area contributed by atoms with E-state index in [-0.39, 0.29) is 11.9 Å². The van der Waals surface area contributed by atoms with Crippen LogP contribution in [0.5, 0.6) is 0 Å². The monoisotopic (exact) mass is 294 g/mol. The van der Waals surface area contributed by atoms with Crippen LogP contribution >= 0.6 is 0 Å². The molecule has 2 amide bonds. The minimum atomic E-state index is -0.727. The van der Waals surface area contributed by atoms with Crippen LogP contribution in [0.3, 0.4) is 0 Å². The number of nitrogens with zero attached hydrogens (tertiary/aromatic N) is 1. The van der Waals surface area contributed by atoms with Gasteiger partial charge in [0, 0.05) is 25.3 Å². The number of amides is 2. The lowest BCUT2D eigenvalue weighted by molar-refractivity contribution is -0.908. The second-order valence-corrected chi connectivity index (χ2v) is 5.29. The fourth-order valence-corrected chi connectivity index (χ4v) is 1.87. The van der Waals surface area contributed by atoms with Crippen molar-refractivity contribution in [1.29, 1.82) is 0 Å². The van der Waals surface area contributed by atoms with Crippen molar-refractivity contribution in [2.24, 2.45) is 0 Å². The van der Waals surface area contributed by atoms with Gasteiger partial charge in [-0.15, -0.1) is 0 Å². The number of benzene rings is 1. The summed E-state index contributed by atoms with van der Waals surface area (Å²) in [6.07, 6.45) is -0.727. The largest absolute Gasteiger partial charge is 0.453 e.